The van der Waals surface area contributed by atoms with Crippen molar-refractivity contribution in [3.63, 3.8) is 0 Å². The van der Waals surface area contributed by atoms with Crippen LogP contribution in [0.1, 0.15) is 47.4 Å². The predicted molar refractivity (Wildman–Crippen MR) is 86.4 cm³/mol. The van der Waals surface area contributed by atoms with Crippen LogP contribution in [0.3, 0.4) is 0 Å². The van der Waals surface area contributed by atoms with Gasteiger partial charge in [-0.05, 0) is 57.2 Å². The normalized spacial score (nSPS) is 22.0. The molecular formula is C17H20ClNO3. The zero-order chi connectivity index (χ0) is 15.9. The molecule has 1 heterocycles. The van der Waals surface area contributed by atoms with E-state index < -0.39 is 0 Å². The van der Waals surface area contributed by atoms with Crippen molar-refractivity contribution >= 4 is 28.5 Å². The number of fused-ring (bicyclic) bond motifs is 1. The summed E-state index contributed by atoms with van der Waals surface area (Å²) in [6.45, 7) is 3.84. The highest BCUT2D eigenvalue weighted by atomic mass is 35.5. The molecule has 1 fully saturated rings. The number of aryl methyl sites for hydroxylation is 2. The van der Waals surface area contributed by atoms with E-state index in [4.69, 9.17) is 16.0 Å². The highest BCUT2D eigenvalue weighted by Gasteiger charge is 2.24. The molecule has 1 saturated carbocycles. The number of aliphatic hydroxyl groups excluding tert-OH is 1. The number of amides is 1. The largest absolute Gasteiger partial charge is 0.449 e. The molecule has 0 radical (unpaired) electrons. The average Bonchev–Trinajstić information content (AvgIpc) is 2.79. The lowest BCUT2D eigenvalue weighted by molar-refractivity contribution is 0.0844. The van der Waals surface area contributed by atoms with Gasteiger partial charge in [0.15, 0.2) is 11.3 Å². The summed E-state index contributed by atoms with van der Waals surface area (Å²) >= 11 is 6.21. The van der Waals surface area contributed by atoms with Gasteiger partial charge in [-0.15, -0.1) is 0 Å². The van der Waals surface area contributed by atoms with Crippen molar-refractivity contribution in [1.29, 1.82) is 0 Å². The molecule has 0 atom stereocenters. The van der Waals surface area contributed by atoms with Gasteiger partial charge in [0.2, 0.25) is 0 Å². The van der Waals surface area contributed by atoms with Crippen molar-refractivity contribution in [1.82, 2.24) is 5.32 Å². The van der Waals surface area contributed by atoms with Crippen molar-refractivity contribution in [2.24, 2.45) is 0 Å². The van der Waals surface area contributed by atoms with Crippen molar-refractivity contribution in [2.45, 2.75) is 51.7 Å². The van der Waals surface area contributed by atoms with E-state index in [9.17, 15) is 9.90 Å². The molecule has 0 unspecified atom stereocenters. The molecular weight excluding hydrogens is 302 g/mol. The summed E-state index contributed by atoms with van der Waals surface area (Å²) in [4.78, 5) is 12.5. The summed E-state index contributed by atoms with van der Waals surface area (Å²) in [6.07, 6.45) is 2.82. The van der Waals surface area contributed by atoms with Gasteiger partial charge in [0.25, 0.3) is 5.91 Å². The van der Waals surface area contributed by atoms with E-state index in [1.165, 1.54) is 0 Å². The summed E-state index contributed by atoms with van der Waals surface area (Å²) in [5.74, 6) is 0.123. The van der Waals surface area contributed by atoms with E-state index in [0.717, 1.165) is 42.2 Å². The minimum absolute atomic E-state index is 0.0979. The lowest BCUT2D eigenvalue weighted by atomic mass is 9.93. The molecule has 1 aliphatic carbocycles. The van der Waals surface area contributed by atoms with Crippen LogP contribution in [0.25, 0.3) is 11.0 Å². The maximum Gasteiger partial charge on any atom is 0.287 e. The monoisotopic (exact) mass is 321 g/mol. The minimum atomic E-state index is -0.233. The van der Waals surface area contributed by atoms with Crippen molar-refractivity contribution in [2.75, 3.05) is 0 Å². The maximum atomic E-state index is 12.5. The number of furan rings is 1. The first-order valence-corrected chi connectivity index (χ1v) is 8.01. The zero-order valence-corrected chi connectivity index (χ0v) is 13.5. The number of nitrogens with one attached hydrogen (secondary N) is 1. The van der Waals surface area contributed by atoms with Crippen LogP contribution in [-0.2, 0) is 0 Å². The quantitative estimate of drug-likeness (QED) is 0.885. The standard InChI is InChI=1S/C17H20ClNO3/c1-9-7-13-10(2)15(22-16(13)14(18)8-9)17(21)19-11-3-5-12(20)6-4-11/h7-8,11-12,20H,3-6H2,1-2H3,(H,19,21)/t11-,12-. The van der Waals surface area contributed by atoms with Gasteiger partial charge >= 0.3 is 0 Å². The highest BCUT2D eigenvalue weighted by molar-refractivity contribution is 6.35. The number of rotatable bonds is 2. The third-order valence-corrected chi connectivity index (χ3v) is 4.66. The Morgan fingerprint density at radius 2 is 1.95 bits per heavy atom. The number of hydrogen-bond donors (Lipinski definition) is 2. The Bertz CT molecular complexity index is 714. The number of carbonyl (C=O) groups is 1. The molecule has 1 aromatic heterocycles. The van der Waals surface area contributed by atoms with Gasteiger partial charge in [-0.25, -0.2) is 0 Å². The summed E-state index contributed by atoms with van der Waals surface area (Å²) in [5.41, 5.74) is 2.41. The molecule has 2 N–H and O–H groups in total. The lowest BCUT2D eigenvalue weighted by Gasteiger charge is -2.25. The first kappa shape index (κ1) is 15.4. The minimum Gasteiger partial charge on any atom is -0.449 e. The fourth-order valence-electron chi connectivity index (χ4n) is 3.10. The summed E-state index contributed by atoms with van der Waals surface area (Å²) in [6, 6.07) is 3.91. The molecule has 0 spiro atoms. The van der Waals surface area contributed by atoms with Gasteiger partial charge in [0.1, 0.15) is 0 Å². The summed E-state index contributed by atoms with van der Waals surface area (Å²) in [5, 5.41) is 13.9. The molecule has 0 saturated heterocycles. The molecule has 1 amide bonds. The summed E-state index contributed by atoms with van der Waals surface area (Å²) < 4.78 is 5.72. The Balaban J connectivity index is 1.85. The van der Waals surface area contributed by atoms with Gasteiger partial charge in [-0.3, -0.25) is 4.79 Å². The van der Waals surface area contributed by atoms with Crippen LogP contribution < -0.4 is 5.32 Å². The number of hydrogen-bond acceptors (Lipinski definition) is 3. The van der Waals surface area contributed by atoms with Crippen LogP contribution in [0, 0.1) is 13.8 Å². The average molecular weight is 322 g/mol. The lowest BCUT2D eigenvalue weighted by Crippen LogP contribution is -2.38. The van der Waals surface area contributed by atoms with Gasteiger partial charge in [0, 0.05) is 17.0 Å². The van der Waals surface area contributed by atoms with E-state index >= 15 is 0 Å². The van der Waals surface area contributed by atoms with E-state index in [0.29, 0.717) is 16.4 Å². The van der Waals surface area contributed by atoms with E-state index in [1.807, 2.05) is 26.0 Å². The molecule has 5 heteroatoms. The first-order valence-electron chi connectivity index (χ1n) is 7.64. The Hall–Kier alpha value is -1.52. The van der Waals surface area contributed by atoms with E-state index in [1.54, 1.807) is 0 Å². The third kappa shape index (κ3) is 2.85. The van der Waals surface area contributed by atoms with Crippen molar-refractivity contribution in [3.05, 3.63) is 34.0 Å². The van der Waals surface area contributed by atoms with Crippen LogP contribution in [0.2, 0.25) is 5.02 Å². The molecule has 1 aromatic carbocycles. The molecule has 0 aliphatic heterocycles. The van der Waals surface area contributed by atoms with Crippen LogP contribution in [0.15, 0.2) is 16.5 Å². The number of halogens is 1. The van der Waals surface area contributed by atoms with Gasteiger partial charge in [0.05, 0.1) is 11.1 Å². The number of carbonyl (C=O) groups excluding carboxylic acids is 1. The molecule has 2 aromatic rings. The fourth-order valence-corrected chi connectivity index (χ4v) is 3.41. The molecule has 22 heavy (non-hydrogen) atoms. The molecule has 3 rings (SSSR count). The topological polar surface area (TPSA) is 62.5 Å². The summed E-state index contributed by atoms with van der Waals surface area (Å²) in [7, 11) is 0. The Morgan fingerprint density at radius 1 is 1.27 bits per heavy atom. The molecule has 0 bridgehead atoms. The first-order chi connectivity index (χ1) is 10.5. The Labute approximate surface area is 134 Å². The smallest absolute Gasteiger partial charge is 0.287 e. The van der Waals surface area contributed by atoms with E-state index in [2.05, 4.69) is 5.32 Å². The van der Waals surface area contributed by atoms with Gasteiger partial charge < -0.3 is 14.8 Å². The fraction of sp³-hybridized carbons (Fsp3) is 0.471. The maximum absolute atomic E-state index is 12.5. The third-order valence-electron chi connectivity index (χ3n) is 4.37. The van der Waals surface area contributed by atoms with Crippen LogP contribution in [0.4, 0.5) is 0 Å². The molecule has 1 aliphatic rings. The second kappa shape index (κ2) is 5.94. The molecule has 118 valence electrons. The second-order valence-corrected chi connectivity index (χ2v) is 6.57. The molecule has 4 nitrogen and oxygen atoms in total. The predicted octanol–water partition coefficient (Wildman–Crippen LogP) is 3.74. The van der Waals surface area contributed by atoms with Crippen LogP contribution in [0.5, 0.6) is 0 Å². The van der Waals surface area contributed by atoms with Gasteiger partial charge in [-0.2, -0.15) is 0 Å². The van der Waals surface area contributed by atoms with Crippen LogP contribution >= 0.6 is 11.6 Å². The Kier molecular flexibility index (Phi) is 4.15. The van der Waals surface area contributed by atoms with E-state index in [-0.39, 0.29) is 18.1 Å². The second-order valence-electron chi connectivity index (χ2n) is 6.16. The highest BCUT2D eigenvalue weighted by Crippen LogP contribution is 2.32. The SMILES string of the molecule is Cc1cc(Cl)c2oc(C(=O)N[C@H]3CC[C@H](O)CC3)c(C)c2c1. The van der Waals surface area contributed by atoms with Crippen molar-refractivity contribution < 1.29 is 14.3 Å². The zero-order valence-electron chi connectivity index (χ0n) is 12.8. The Morgan fingerprint density at radius 3 is 2.64 bits per heavy atom. The van der Waals surface area contributed by atoms with Gasteiger partial charge in [-0.1, -0.05) is 11.6 Å². The van der Waals surface area contributed by atoms with Crippen molar-refractivity contribution in [3.8, 4) is 0 Å². The number of aliphatic hydroxyl groups is 1. The van der Waals surface area contributed by atoms with Crippen LogP contribution in [-0.4, -0.2) is 23.2 Å². The number of benzene rings is 1.